The highest BCUT2D eigenvalue weighted by Crippen LogP contribution is 2.46. The van der Waals surface area contributed by atoms with Crippen LogP contribution < -0.4 is 0 Å². The summed E-state index contributed by atoms with van der Waals surface area (Å²) in [5.74, 6) is -2.88. The van der Waals surface area contributed by atoms with Crippen LogP contribution in [0.3, 0.4) is 0 Å². The van der Waals surface area contributed by atoms with Gasteiger partial charge in [-0.2, -0.15) is 0 Å². The second-order valence-electron chi connectivity index (χ2n) is 14.7. The van der Waals surface area contributed by atoms with Gasteiger partial charge < -0.3 is 104 Å². The van der Waals surface area contributed by atoms with Crippen LogP contribution in [0.4, 0.5) is 0 Å². The fourth-order valence-corrected chi connectivity index (χ4v) is 7.03. The van der Waals surface area contributed by atoms with Crippen LogP contribution in [0.2, 0.25) is 0 Å². The van der Waals surface area contributed by atoms with E-state index in [1.165, 1.54) is 42.5 Å². The van der Waals surface area contributed by atoms with Crippen molar-refractivity contribution in [2.24, 2.45) is 0 Å². The Labute approximate surface area is 344 Å². The summed E-state index contributed by atoms with van der Waals surface area (Å²) in [4.78, 5) is 12.6. The van der Waals surface area contributed by atoms with E-state index in [9.17, 15) is 71.2 Å². The molecule has 61 heavy (non-hydrogen) atoms. The van der Waals surface area contributed by atoms with Gasteiger partial charge in [-0.25, -0.2) is 4.79 Å². The maximum absolute atomic E-state index is 12.6. The highest BCUT2D eigenvalue weighted by atomic mass is 16.8. The van der Waals surface area contributed by atoms with E-state index >= 15 is 0 Å². The summed E-state index contributed by atoms with van der Waals surface area (Å²) >= 11 is 0. The Bertz CT molecular complexity index is 2050. The normalized spacial score (nSPS) is 35.0. The van der Waals surface area contributed by atoms with Gasteiger partial charge in [0.1, 0.15) is 90.5 Å². The molecule has 3 aromatic rings. The number of carbonyl (C=O) groups is 1. The Morgan fingerprint density at radius 1 is 0.656 bits per heavy atom. The lowest BCUT2D eigenvalue weighted by Gasteiger charge is -2.46. The molecule has 0 amide bonds. The van der Waals surface area contributed by atoms with E-state index in [1.807, 2.05) is 0 Å². The molecule has 0 aliphatic carbocycles. The standard InChI is InChI=1S/C39H44O22/c40-16-4-1-14(2-5-16)36(53)54-12-25-28(47)30(49)33(52)37(59-25)56-13-26-29(48)31(50)35(61-38-32(51)27(46)22(45)11-55-38)39(60-26)58-24-10-18-20(43)8-17(41)9-23(18)57-34(24)15-3-6-19(42)21(44)7-15/h1-10,22,25-35,37-52H,11-13H2/p+1. The van der Waals surface area contributed by atoms with Crippen molar-refractivity contribution in [3.63, 3.8) is 0 Å². The molecule has 22 nitrogen and oxygen atoms in total. The molecular weight excluding hydrogens is 820 g/mol. The molecule has 0 bridgehead atoms. The number of aromatic hydroxyl groups is 6. The number of fused-ring (bicyclic) bond motifs is 1. The lowest BCUT2D eigenvalue weighted by atomic mass is 9.97. The third kappa shape index (κ3) is 9.27. The van der Waals surface area contributed by atoms with Gasteiger partial charge >= 0.3 is 5.97 Å². The van der Waals surface area contributed by atoms with E-state index in [4.69, 9.17) is 33.2 Å². The molecule has 4 aliphatic rings. The summed E-state index contributed by atoms with van der Waals surface area (Å²) < 4.78 is 44.6. The van der Waals surface area contributed by atoms with E-state index in [0.717, 1.165) is 18.2 Å². The Hall–Kier alpha value is -5.05. The summed E-state index contributed by atoms with van der Waals surface area (Å²) in [6.45, 7) is -1.90. The van der Waals surface area contributed by atoms with Crippen LogP contribution in [0.5, 0.6) is 34.5 Å². The molecule has 3 aromatic carbocycles. The van der Waals surface area contributed by atoms with Gasteiger partial charge in [0.2, 0.25) is 6.29 Å². The fraction of sp³-hybridized carbons (Fsp3) is 0.462. The highest BCUT2D eigenvalue weighted by molar-refractivity contribution is 5.89. The van der Waals surface area contributed by atoms with Gasteiger partial charge in [0.15, 0.2) is 35.9 Å². The predicted octanol–water partition coefficient (Wildman–Crippen LogP) is -2.48. The molecule has 4 heterocycles. The lowest BCUT2D eigenvalue weighted by Crippen LogP contribution is -2.64. The zero-order valence-electron chi connectivity index (χ0n) is 31.6. The minimum absolute atomic E-state index is 0.0384. The van der Waals surface area contributed by atoms with E-state index in [-0.39, 0.29) is 39.7 Å². The maximum Gasteiger partial charge on any atom is 0.338 e. The summed E-state index contributed by atoms with van der Waals surface area (Å²) in [7, 11) is 0. The molecule has 15 atom stereocenters. The molecule has 4 aliphatic heterocycles. The second-order valence-corrected chi connectivity index (χ2v) is 14.7. The zero-order chi connectivity index (χ0) is 43.9. The summed E-state index contributed by atoms with van der Waals surface area (Å²) in [6, 6.07) is 11.0. The monoisotopic (exact) mass is 865 g/mol. The molecule has 0 saturated carbocycles. The van der Waals surface area contributed by atoms with Crippen LogP contribution in [0.1, 0.15) is 27.6 Å². The minimum Gasteiger partial charge on any atom is -0.571 e. The molecule has 3 saturated heterocycles. The number of aliphatic hydroxyl groups is 9. The number of hydrogen-bond acceptors (Lipinski definition) is 21. The first-order valence-electron chi connectivity index (χ1n) is 18.8. The molecule has 332 valence electrons. The summed E-state index contributed by atoms with van der Waals surface area (Å²) in [6.07, 6.45) is -24.8. The average molecular weight is 866 g/mol. The van der Waals surface area contributed by atoms with Crippen molar-refractivity contribution in [3.8, 4) is 34.5 Å². The SMILES string of the molecule is O=C(OCC1OC(OCC2OC(OC3=Cc4c(O)cc(O)cc4[OH+]C3c3ccc(O)c(O)c3)C(OC3OCC(O)C(O)C3O)C(O)C2O)C(O)C(O)C1O)c1ccc(O)cc1. The van der Waals surface area contributed by atoms with Gasteiger partial charge in [-0.1, -0.05) is 0 Å². The van der Waals surface area contributed by atoms with Gasteiger partial charge in [-0.05, 0) is 42.5 Å². The number of benzene rings is 3. The number of hydrogen-bond donors (Lipinski definition) is 13. The van der Waals surface area contributed by atoms with E-state index in [1.54, 1.807) is 0 Å². The Morgan fingerprint density at radius 3 is 2.05 bits per heavy atom. The van der Waals surface area contributed by atoms with Crippen LogP contribution in [0.25, 0.3) is 6.08 Å². The molecule has 0 radical (unpaired) electrons. The number of rotatable bonds is 11. The summed E-state index contributed by atoms with van der Waals surface area (Å²) in [5, 5.41) is 137. The van der Waals surface area contributed by atoms with Crippen LogP contribution in [-0.4, -0.2) is 183 Å². The summed E-state index contributed by atoms with van der Waals surface area (Å²) in [5.41, 5.74) is 0.275. The molecule has 0 spiro atoms. The van der Waals surface area contributed by atoms with Crippen molar-refractivity contribution in [1.82, 2.24) is 0 Å². The molecule has 3 fully saturated rings. The van der Waals surface area contributed by atoms with Gasteiger partial charge in [0.05, 0.1) is 30.4 Å². The van der Waals surface area contributed by atoms with E-state index in [2.05, 4.69) is 4.74 Å². The molecule has 22 heteroatoms. The topological polar surface area (TPSA) is 357 Å². The largest absolute Gasteiger partial charge is 0.571 e. The number of ether oxygens (including phenoxy) is 8. The number of esters is 1. The third-order valence-corrected chi connectivity index (χ3v) is 10.5. The van der Waals surface area contributed by atoms with Gasteiger partial charge in [-0.15, -0.1) is 0 Å². The zero-order valence-corrected chi connectivity index (χ0v) is 31.6. The number of phenols is 5. The van der Waals surface area contributed by atoms with Crippen LogP contribution in [-0.2, 0) is 33.2 Å². The van der Waals surface area contributed by atoms with Crippen molar-refractivity contribution in [2.45, 2.75) is 92.1 Å². The second kappa shape index (κ2) is 18.1. The quantitative estimate of drug-likeness (QED) is 0.0539. The average Bonchev–Trinajstić information content (AvgIpc) is 3.23. The van der Waals surface area contributed by atoms with Gasteiger partial charge in [0, 0.05) is 12.1 Å². The Balaban J connectivity index is 1.14. The van der Waals surface area contributed by atoms with E-state index in [0.29, 0.717) is 0 Å². The van der Waals surface area contributed by atoms with Gasteiger partial charge in [-0.3, -0.25) is 0 Å². The first-order chi connectivity index (χ1) is 29.0. The molecule has 7 rings (SSSR count). The van der Waals surface area contributed by atoms with Gasteiger partial charge in [0.25, 0.3) is 11.9 Å². The Morgan fingerprint density at radius 2 is 1.33 bits per heavy atom. The fourth-order valence-electron chi connectivity index (χ4n) is 7.03. The van der Waals surface area contributed by atoms with Crippen molar-refractivity contribution in [3.05, 3.63) is 77.0 Å². The van der Waals surface area contributed by atoms with Crippen LogP contribution >= 0.6 is 0 Å². The maximum atomic E-state index is 12.6. The van der Waals surface area contributed by atoms with Crippen molar-refractivity contribution in [2.75, 3.05) is 19.8 Å². The van der Waals surface area contributed by atoms with Crippen molar-refractivity contribution in [1.29, 1.82) is 0 Å². The number of aliphatic hydroxyl groups excluding tert-OH is 8. The van der Waals surface area contributed by atoms with Crippen molar-refractivity contribution < 1.29 is 109 Å². The lowest BCUT2D eigenvalue weighted by molar-refractivity contribution is -0.360. The molecular formula is C39H45O22+. The molecule has 15 unspecified atom stereocenters. The highest BCUT2D eigenvalue weighted by Gasteiger charge is 2.52. The minimum atomic E-state index is -2.00. The van der Waals surface area contributed by atoms with Crippen molar-refractivity contribution >= 4 is 12.0 Å². The van der Waals surface area contributed by atoms with Crippen LogP contribution in [0.15, 0.2) is 60.4 Å². The molecule has 14 N–H and O–H groups in total. The first kappa shape index (κ1) is 44.0. The van der Waals surface area contributed by atoms with E-state index < -0.39 is 135 Å². The van der Waals surface area contributed by atoms with Crippen LogP contribution in [0, 0.1) is 0 Å². The third-order valence-electron chi connectivity index (χ3n) is 10.5. The smallest absolute Gasteiger partial charge is 0.338 e. The predicted molar refractivity (Wildman–Crippen MR) is 197 cm³/mol. The molecule has 0 aromatic heterocycles. The number of carbonyl (C=O) groups excluding carboxylic acids is 1. The number of phenolic OH excluding ortho intramolecular Hbond substituents is 5. The first-order valence-corrected chi connectivity index (χ1v) is 18.8. The Kier molecular flexibility index (Phi) is 13.1.